The summed E-state index contributed by atoms with van der Waals surface area (Å²) in [7, 11) is 0. The maximum atomic E-state index is 5.48. The van der Waals surface area contributed by atoms with Crippen LogP contribution in [0.2, 0.25) is 0 Å². The highest BCUT2D eigenvalue weighted by Crippen LogP contribution is 2.11. The highest BCUT2D eigenvalue weighted by atomic mass is 15.1. The molecule has 0 aromatic rings. The molecule has 0 aromatic carbocycles. The van der Waals surface area contributed by atoms with E-state index in [4.69, 9.17) is 5.73 Å². The van der Waals surface area contributed by atoms with Crippen molar-refractivity contribution in [1.82, 2.24) is 4.90 Å². The first-order valence-corrected chi connectivity index (χ1v) is 5.74. The van der Waals surface area contributed by atoms with Crippen LogP contribution in [0.15, 0.2) is 0 Å². The first-order valence-electron chi connectivity index (χ1n) is 5.74. The first kappa shape index (κ1) is 12.9. The van der Waals surface area contributed by atoms with Gasteiger partial charge in [-0.1, -0.05) is 27.2 Å². The van der Waals surface area contributed by atoms with Crippen LogP contribution < -0.4 is 5.73 Å². The minimum Gasteiger partial charge on any atom is -0.330 e. The summed E-state index contributed by atoms with van der Waals surface area (Å²) in [5.74, 6) is 0. The molecule has 0 aromatic heterocycles. The molecular weight excluding hydrogens is 160 g/mol. The fourth-order valence-electron chi connectivity index (χ4n) is 1.91. The van der Waals surface area contributed by atoms with Crippen LogP contribution in [-0.4, -0.2) is 30.6 Å². The maximum Gasteiger partial charge on any atom is 0.00924 e. The summed E-state index contributed by atoms with van der Waals surface area (Å²) < 4.78 is 0. The van der Waals surface area contributed by atoms with E-state index >= 15 is 0 Å². The second-order valence-corrected chi connectivity index (χ2v) is 3.57. The molecule has 0 aliphatic carbocycles. The molecule has 1 atom stereocenters. The van der Waals surface area contributed by atoms with Gasteiger partial charge in [0.15, 0.2) is 0 Å². The summed E-state index contributed by atoms with van der Waals surface area (Å²) in [4.78, 5) is 2.55. The van der Waals surface area contributed by atoms with E-state index in [1.54, 1.807) is 0 Å². The van der Waals surface area contributed by atoms with E-state index < -0.39 is 0 Å². The van der Waals surface area contributed by atoms with E-state index in [1.807, 2.05) is 0 Å². The van der Waals surface area contributed by atoms with E-state index in [0.29, 0.717) is 0 Å². The fourth-order valence-corrected chi connectivity index (χ4v) is 1.91. The summed E-state index contributed by atoms with van der Waals surface area (Å²) in [5, 5.41) is 0. The Morgan fingerprint density at radius 1 is 1.08 bits per heavy atom. The van der Waals surface area contributed by atoms with Crippen LogP contribution >= 0.6 is 0 Å². The average molecular weight is 186 g/mol. The van der Waals surface area contributed by atoms with Crippen molar-refractivity contribution in [2.75, 3.05) is 19.6 Å². The predicted molar refractivity (Wildman–Crippen MR) is 59.9 cm³/mol. The van der Waals surface area contributed by atoms with Crippen molar-refractivity contribution >= 4 is 0 Å². The number of unbranched alkanes of at least 4 members (excludes halogenated alkanes) is 1. The lowest BCUT2D eigenvalue weighted by atomic mass is 10.1. The highest BCUT2D eigenvalue weighted by Gasteiger charge is 2.12. The SMILES string of the molecule is CCC(CCCCN)N(CC)CC. The van der Waals surface area contributed by atoms with Crippen LogP contribution in [0.1, 0.15) is 46.5 Å². The van der Waals surface area contributed by atoms with E-state index in [2.05, 4.69) is 25.7 Å². The monoisotopic (exact) mass is 186 g/mol. The lowest BCUT2D eigenvalue weighted by Gasteiger charge is -2.28. The third-order valence-electron chi connectivity index (χ3n) is 2.79. The molecule has 0 saturated carbocycles. The lowest BCUT2D eigenvalue weighted by molar-refractivity contribution is 0.197. The van der Waals surface area contributed by atoms with Gasteiger partial charge < -0.3 is 10.6 Å². The Morgan fingerprint density at radius 2 is 1.69 bits per heavy atom. The molecule has 80 valence electrons. The third kappa shape index (κ3) is 5.27. The van der Waals surface area contributed by atoms with Gasteiger partial charge in [0.05, 0.1) is 0 Å². The van der Waals surface area contributed by atoms with E-state index in [-0.39, 0.29) is 0 Å². The molecule has 0 fully saturated rings. The van der Waals surface area contributed by atoms with Crippen LogP contribution in [0.5, 0.6) is 0 Å². The average Bonchev–Trinajstić information content (AvgIpc) is 2.17. The standard InChI is InChI=1S/C11H26N2/c1-4-11(9-7-8-10-12)13(5-2)6-3/h11H,4-10,12H2,1-3H3. The Balaban J connectivity index is 3.71. The Hall–Kier alpha value is -0.0800. The van der Waals surface area contributed by atoms with Crippen molar-refractivity contribution in [3.63, 3.8) is 0 Å². The molecule has 0 radical (unpaired) electrons. The van der Waals surface area contributed by atoms with Gasteiger partial charge in [-0.25, -0.2) is 0 Å². The van der Waals surface area contributed by atoms with Crippen molar-refractivity contribution in [2.45, 2.75) is 52.5 Å². The summed E-state index contributed by atoms with van der Waals surface area (Å²) in [6, 6.07) is 0.779. The minimum atomic E-state index is 0.779. The summed E-state index contributed by atoms with van der Waals surface area (Å²) in [6.45, 7) is 9.97. The molecule has 0 amide bonds. The maximum absolute atomic E-state index is 5.48. The molecule has 2 nitrogen and oxygen atoms in total. The van der Waals surface area contributed by atoms with Crippen molar-refractivity contribution in [3.8, 4) is 0 Å². The molecule has 1 unspecified atom stereocenters. The molecule has 0 spiro atoms. The van der Waals surface area contributed by atoms with Gasteiger partial charge in [0, 0.05) is 6.04 Å². The Morgan fingerprint density at radius 3 is 2.08 bits per heavy atom. The molecular formula is C11H26N2. The zero-order valence-corrected chi connectivity index (χ0v) is 9.55. The molecule has 0 aliphatic rings. The van der Waals surface area contributed by atoms with Gasteiger partial charge in [-0.3, -0.25) is 0 Å². The van der Waals surface area contributed by atoms with Gasteiger partial charge >= 0.3 is 0 Å². The number of rotatable bonds is 8. The first-order chi connectivity index (χ1) is 6.29. The Bertz CT molecular complexity index is 100. The fraction of sp³-hybridized carbons (Fsp3) is 1.00. The van der Waals surface area contributed by atoms with Crippen LogP contribution in [0.4, 0.5) is 0 Å². The molecule has 0 bridgehead atoms. The highest BCUT2D eigenvalue weighted by molar-refractivity contribution is 4.68. The predicted octanol–water partition coefficient (Wildman–Crippen LogP) is 2.24. The van der Waals surface area contributed by atoms with Crippen molar-refractivity contribution in [1.29, 1.82) is 0 Å². The molecule has 2 N–H and O–H groups in total. The summed E-state index contributed by atoms with van der Waals surface area (Å²) in [6.07, 6.45) is 5.05. The van der Waals surface area contributed by atoms with Crippen molar-refractivity contribution < 1.29 is 0 Å². The smallest absolute Gasteiger partial charge is 0.00924 e. The zero-order chi connectivity index (χ0) is 10.1. The van der Waals surface area contributed by atoms with Crippen LogP contribution in [0, 0.1) is 0 Å². The second kappa shape index (κ2) is 8.52. The van der Waals surface area contributed by atoms with E-state index in [1.165, 1.54) is 38.8 Å². The lowest BCUT2D eigenvalue weighted by Crippen LogP contribution is -2.34. The Kier molecular flexibility index (Phi) is 8.46. The third-order valence-corrected chi connectivity index (χ3v) is 2.79. The van der Waals surface area contributed by atoms with Gasteiger partial charge in [0.2, 0.25) is 0 Å². The molecule has 0 saturated heterocycles. The molecule has 2 heteroatoms. The molecule has 0 heterocycles. The summed E-state index contributed by atoms with van der Waals surface area (Å²) >= 11 is 0. The number of nitrogens with zero attached hydrogens (tertiary/aromatic N) is 1. The second-order valence-electron chi connectivity index (χ2n) is 3.57. The van der Waals surface area contributed by atoms with Crippen LogP contribution in [0.25, 0.3) is 0 Å². The summed E-state index contributed by atoms with van der Waals surface area (Å²) in [5.41, 5.74) is 5.48. The van der Waals surface area contributed by atoms with E-state index in [9.17, 15) is 0 Å². The zero-order valence-electron chi connectivity index (χ0n) is 9.55. The van der Waals surface area contributed by atoms with Crippen LogP contribution in [-0.2, 0) is 0 Å². The van der Waals surface area contributed by atoms with Gasteiger partial charge in [0.1, 0.15) is 0 Å². The Labute approximate surface area is 83.5 Å². The number of nitrogens with two attached hydrogens (primary N) is 1. The topological polar surface area (TPSA) is 29.3 Å². The van der Waals surface area contributed by atoms with Gasteiger partial charge in [0.25, 0.3) is 0 Å². The molecule has 0 rings (SSSR count). The van der Waals surface area contributed by atoms with Crippen molar-refractivity contribution in [3.05, 3.63) is 0 Å². The van der Waals surface area contributed by atoms with Gasteiger partial charge in [-0.05, 0) is 38.9 Å². The number of hydrogen-bond acceptors (Lipinski definition) is 2. The quantitative estimate of drug-likeness (QED) is 0.589. The molecule has 13 heavy (non-hydrogen) atoms. The van der Waals surface area contributed by atoms with Crippen LogP contribution in [0.3, 0.4) is 0 Å². The van der Waals surface area contributed by atoms with Gasteiger partial charge in [-0.15, -0.1) is 0 Å². The molecule has 0 aliphatic heterocycles. The number of hydrogen-bond donors (Lipinski definition) is 1. The van der Waals surface area contributed by atoms with Gasteiger partial charge in [-0.2, -0.15) is 0 Å². The largest absolute Gasteiger partial charge is 0.330 e. The minimum absolute atomic E-state index is 0.779. The normalized spacial score (nSPS) is 13.6. The van der Waals surface area contributed by atoms with E-state index in [0.717, 1.165) is 12.6 Å². The van der Waals surface area contributed by atoms with Crippen molar-refractivity contribution in [2.24, 2.45) is 5.73 Å².